The Morgan fingerprint density at radius 3 is 2.76 bits per heavy atom. The molecular weight excluding hydrogens is 327 g/mol. The molecular formula is C17H19FN4O3. The fraction of sp³-hybridized carbons (Fsp3) is 0.353. The van der Waals surface area contributed by atoms with E-state index in [-0.39, 0.29) is 11.5 Å². The molecule has 0 atom stereocenters. The molecule has 0 bridgehead atoms. The number of halogens is 1. The van der Waals surface area contributed by atoms with E-state index in [1.54, 1.807) is 9.58 Å². The lowest BCUT2D eigenvalue weighted by molar-refractivity contribution is 0.0295. The van der Waals surface area contributed by atoms with Crippen molar-refractivity contribution >= 4 is 17.5 Å². The monoisotopic (exact) mass is 346 g/mol. The van der Waals surface area contributed by atoms with Gasteiger partial charge in [0.15, 0.2) is 0 Å². The van der Waals surface area contributed by atoms with E-state index >= 15 is 0 Å². The second-order valence-corrected chi connectivity index (χ2v) is 5.59. The fourth-order valence-electron chi connectivity index (χ4n) is 2.68. The second kappa shape index (κ2) is 7.43. The smallest absolute Gasteiger partial charge is 0.274 e. The third-order valence-corrected chi connectivity index (χ3v) is 3.97. The van der Waals surface area contributed by atoms with Crippen LogP contribution in [0.25, 0.3) is 0 Å². The van der Waals surface area contributed by atoms with Gasteiger partial charge in [0.05, 0.1) is 25.1 Å². The van der Waals surface area contributed by atoms with E-state index in [1.165, 1.54) is 24.4 Å². The summed E-state index contributed by atoms with van der Waals surface area (Å²) in [6.45, 7) is 4.30. The summed E-state index contributed by atoms with van der Waals surface area (Å²) in [5.74, 6) is -1.20. The number of nitrogens with zero attached hydrogens (tertiary/aromatic N) is 3. The molecule has 1 N–H and O–H groups in total. The number of rotatable bonds is 4. The van der Waals surface area contributed by atoms with Crippen LogP contribution in [0.1, 0.15) is 27.8 Å². The molecule has 1 aromatic heterocycles. The Balaban J connectivity index is 1.85. The number of carbonyl (C=O) groups excluding carboxylic acids is 2. The number of hydrogen-bond acceptors (Lipinski definition) is 4. The van der Waals surface area contributed by atoms with Crippen molar-refractivity contribution < 1.29 is 18.7 Å². The zero-order chi connectivity index (χ0) is 17.8. The predicted octanol–water partition coefficient (Wildman–Crippen LogP) is 1.77. The van der Waals surface area contributed by atoms with Crippen LogP contribution in [0.5, 0.6) is 0 Å². The molecule has 132 valence electrons. The first-order valence-corrected chi connectivity index (χ1v) is 8.10. The minimum absolute atomic E-state index is 0.175. The van der Waals surface area contributed by atoms with Gasteiger partial charge in [-0.2, -0.15) is 5.10 Å². The molecule has 1 aliphatic heterocycles. The third kappa shape index (κ3) is 3.69. The van der Waals surface area contributed by atoms with Crippen molar-refractivity contribution in [1.29, 1.82) is 0 Å². The lowest BCUT2D eigenvalue weighted by Gasteiger charge is -2.27. The molecule has 25 heavy (non-hydrogen) atoms. The van der Waals surface area contributed by atoms with Gasteiger partial charge in [-0.25, -0.2) is 4.39 Å². The quantitative estimate of drug-likeness (QED) is 0.915. The van der Waals surface area contributed by atoms with Crippen LogP contribution < -0.4 is 5.32 Å². The molecule has 0 saturated carbocycles. The van der Waals surface area contributed by atoms with Gasteiger partial charge in [-0.1, -0.05) is 6.07 Å². The van der Waals surface area contributed by atoms with Gasteiger partial charge < -0.3 is 15.0 Å². The first-order chi connectivity index (χ1) is 12.1. The van der Waals surface area contributed by atoms with Crippen LogP contribution in [0.4, 0.5) is 10.1 Å². The van der Waals surface area contributed by atoms with Crippen molar-refractivity contribution in [3.8, 4) is 0 Å². The molecule has 0 radical (unpaired) electrons. The van der Waals surface area contributed by atoms with Crippen LogP contribution in [-0.4, -0.2) is 52.8 Å². The first-order valence-electron chi connectivity index (χ1n) is 8.10. The standard InChI is InChI=1S/C17H19FN4O3/c1-2-22-15(17(24)21-6-8-25-9-7-21)14(11-19-22)20-16(23)12-4-3-5-13(18)10-12/h3-5,10-11H,2,6-9H2,1H3,(H,20,23). The summed E-state index contributed by atoms with van der Waals surface area (Å²) >= 11 is 0. The Kier molecular flexibility index (Phi) is 5.08. The normalized spacial score (nSPS) is 14.4. The number of ether oxygens (including phenoxy) is 1. The molecule has 7 nitrogen and oxygen atoms in total. The number of anilines is 1. The number of nitrogens with one attached hydrogen (secondary N) is 1. The number of carbonyl (C=O) groups is 2. The van der Waals surface area contributed by atoms with Crippen LogP contribution in [0.15, 0.2) is 30.5 Å². The van der Waals surface area contributed by atoms with Gasteiger partial charge in [-0.15, -0.1) is 0 Å². The molecule has 0 spiro atoms. The van der Waals surface area contributed by atoms with Crippen LogP contribution >= 0.6 is 0 Å². The number of aromatic nitrogens is 2. The molecule has 1 aromatic carbocycles. The van der Waals surface area contributed by atoms with Crippen molar-refractivity contribution in [2.45, 2.75) is 13.5 Å². The minimum Gasteiger partial charge on any atom is -0.378 e. The Morgan fingerprint density at radius 2 is 2.08 bits per heavy atom. The summed E-state index contributed by atoms with van der Waals surface area (Å²) in [6, 6.07) is 5.37. The zero-order valence-electron chi connectivity index (χ0n) is 13.9. The van der Waals surface area contributed by atoms with Gasteiger partial charge in [-0.05, 0) is 25.1 Å². The van der Waals surface area contributed by atoms with Crippen LogP contribution in [-0.2, 0) is 11.3 Å². The van der Waals surface area contributed by atoms with E-state index in [9.17, 15) is 14.0 Å². The van der Waals surface area contributed by atoms with Gasteiger partial charge in [0, 0.05) is 25.2 Å². The topological polar surface area (TPSA) is 76.5 Å². The van der Waals surface area contributed by atoms with Gasteiger partial charge >= 0.3 is 0 Å². The Morgan fingerprint density at radius 1 is 1.32 bits per heavy atom. The van der Waals surface area contributed by atoms with Gasteiger partial charge in [0.2, 0.25) is 0 Å². The van der Waals surface area contributed by atoms with E-state index in [1.807, 2.05) is 6.92 Å². The Hall–Kier alpha value is -2.74. The van der Waals surface area contributed by atoms with Gasteiger partial charge in [0.25, 0.3) is 11.8 Å². The van der Waals surface area contributed by atoms with Crippen molar-refractivity contribution in [2.75, 3.05) is 31.6 Å². The zero-order valence-corrected chi connectivity index (χ0v) is 13.9. The van der Waals surface area contributed by atoms with Crippen LogP contribution in [0.3, 0.4) is 0 Å². The molecule has 2 amide bonds. The fourth-order valence-corrected chi connectivity index (χ4v) is 2.68. The number of amides is 2. The average Bonchev–Trinajstić information content (AvgIpc) is 3.04. The molecule has 0 unspecified atom stereocenters. The van der Waals surface area contributed by atoms with Gasteiger partial charge in [-0.3, -0.25) is 14.3 Å². The second-order valence-electron chi connectivity index (χ2n) is 5.59. The summed E-state index contributed by atoms with van der Waals surface area (Å²) in [5.41, 5.74) is 0.802. The highest BCUT2D eigenvalue weighted by Crippen LogP contribution is 2.19. The van der Waals surface area contributed by atoms with Crippen LogP contribution in [0, 0.1) is 5.82 Å². The number of hydrogen-bond donors (Lipinski definition) is 1. The van der Waals surface area contributed by atoms with E-state index in [0.29, 0.717) is 44.2 Å². The van der Waals surface area contributed by atoms with E-state index in [4.69, 9.17) is 4.74 Å². The maximum absolute atomic E-state index is 13.3. The van der Waals surface area contributed by atoms with E-state index in [0.717, 1.165) is 6.07 Å². The predicted molar refractivity (Wildman–Crippen MR) is 89.0 cm³/mol. The molecule has 8 heteroatoms. The summed E-state index contributed by atoms with van der Waals surface area (Å²) in [4.78, 5) is 26.9. The molecule has 1 fully saturated rings. The summed E-state index contributed by atoms with van der Waals surface area (Å²) in [7, 11) is 0. The Labute approximate surface area is 144 Å². The molecule has 1 saturated heterocycles. The summed E-state index contributed by atoms with van der Waals surface area (Å²) in [6.07, 6.45) is 1.44. The average molecular weight is 346 g/mol. The molecule has 0 aliphatic carbocycles. The highest BCUT2D eigenvalue weighted by Gasteiger charge is 2.26. The largest absolute Gasteiger partial charge is 0.378 e. The summed E-state index contributed by atoms with van der Waals surface area (Å²) in [5, 5.41) is 6.83. The molecule has 2 heterocycles. The van der Waals surface area contributed by atoms with Crippen molar-refractivity contribution in [1.82, 2.24) is 14.7 Å². The highest BCUT2D eigenvalue weighted by molar-refractivity contribution is 6.08. The lowest BCUT2D eigenvalue weighted by atomic mass is 10.2. The third-order valence-electron chi connectivity index (χ3n) is 3.97. The maximum Gasteiger partial charge on any atom is 0.274 e. The van der Waals surface area contributed by atoms with E-state index in [2.05, 4.69) is 10.4 Å². The lowest BCUT2D eigenvalue weighted by Crippen LogP contribution is -2.41. The van der Waals surface area contributed by atoms with Crippen LogP contribution in [0.2, 0.25) is 0 Å². The van der Waals surface area contributed by atoms with E-state index < -0.39 is 11.7 Å². The SMILES string of the molecule is CCn1ncc(NC(=O)c2cccc(F)c2)c1C(=O)N1CCOCC1. The van der Waals surface area contributed by atoms with Crippen molar-refractivity contribution in [2.24, 2.45) is 0 Å². The maximum atomic E-state index is 13.3. The minimum atomic E-state index is -0.499. The Bertz CT molecular complexity index is 784. The van der Waals surface area contributed by atoms with Gasteiger partial charge in [0.1, 0.15) is 11.5 Å². The molecule has 1 aliphatic rings. The molecule has 3 rings (SSSR count). The summed E-state index contributed by atoms with van der Waals surface area (Å²) < 4.78 is 20.1. The van der Waals surface area contributed by atoms with Crippen molar-refractivity contribution in [3.63, 3.8) is 0 Å². The van der Waals surface area contributed by atoms with Crippen molar-refractivity contribution in [3.05, 3.63) is 47.5 Å². The highest BCUT2D eigenvalue weighted by atomic mass is 19.1. The number of benzene rings is 1. The first kappa shape index (κ1) is 17.1. The molecule has 2 aromatic rings. The number of morpholine rings is 1. The number of aryl methyl sites for hydroxylation is 1.